The Morgan fingerprint density at radius 2 is 1.94 bits per heavy atom. The van der Waals surface area contributed by atoms with Gasteiger partial charge in [0.05, 0.1) is 18.7 Å². The van der Waals surface area contributed by atoms with Gasteiger partial charge < -0.3 is 5.32 Å². The molecule has 0 aliphatic rings. The summed E-state index contributed by atoms with van der Waals surface area (Å²) in [6.07, 6.45) is 2.84. The zero-order chi connectivity index (χ0) is 13.3. The molecule has 4 nitrogen and oxygen atoms in total. The number of carbonyl (C=O) groups is 1. The van der Waals surface area contributed by atoms with Crippen LogP contribution in [0.5, 0.6) is 0 Å². The summed E-state index contributed by atoms with van der Waals surface area (Å²) >= 11 is 0. The van der Waals surface area contributed by atoms with Crippen molar-refractivity contribution < 1.29 is 4.79 Å². The predicted octanol–water partition coefficient (Wildman–Crippen LogP) is 1.92. The van der Waals surface area contributed by atoms with E-state index >= 15 is 0 Å². The molecule has 0 aromatic rings. The molecule has 0 saturated heterocycles. The Balaban J connectivity index is 4.38. The maximum Gasteiger partial charge on any atom is 0.237 e. The topological polar surface area (TPSA) is 56.1 Å². The largest absolute Gasteiger partial charge is 0.352 e. The molecular weight excluding hydrogens is 214 g/mol. The van der Waals surface area contributed by atoms with Gasteiger partial charge >= 0.3 is 0 Å². The van der Waals surface area contributed by atoms with Gasteiger partial charge in [0.2, 0.25) is 5.91 Å². The second-order valence-corrected chi connectivity index (χ2v) is 4.33. The third kappa shape index (κ3) is 5.69. The Bertz CT molecular complexity index is 256. The smallest absolute Gasteiger partial charge is 0.237 e. The van der Waals surface area contributed by atoms with Gasteiger partial charge in [-0.25, -0.2) is 0 Å². The molecule has 0 aromatic carbocycles. The van der Waals surface area contributed by atoms with Crippen molar-refractivity contribution in [3.63, 3.8) is 0 Å². The third-order valence-corrected chi connectivity index (χ3v) is 3.04. The van der Waals surface area contributed by atoms with E-state index in [0.717, 1.165) is 25.8 Å². The quantitative estimate of drug-likeness (QED) is 0.658. The van der Waals surface area contributed by atoms with E-state index in [1.807, 2.05) is 11.8 Å². The van der Waals surface area contributed by atoms with Gasteiger partial charge in [-0.15, -0.1) is 0 Å². The molecule has 0 bridgehead atoms. The van der Waals surface area contributed by atoms with Crippen LogP contribution < -0.4 is 5.32 Å². The molecular formula is C13H25N3O. The lowest BCUT2D eigenvalue weighted by molar-refractivity contribution is -0.126. The van der Waals surface area contributed by atoms with Crippen molar-refractivity contribution >= 4 is 5.91 Å². The molecule has 17 heavy (non-hydrogen) atoms. The highest BCUT2D eigenvalue weighted by Gasteiger charge is 2.21. The highest BCUT2D eigenvalue weighted by atomic mass is 16.2. The number of nitriles is 1. The maximum absolute atomic E-state index is 12.0. The lowest BCUT2D eigenvalue weighted by atomic mass is 10.1. The van der Waals surface area contributed by atoms with Crippen molar-refractivity contribution in [3.05, 3.63) is 0 Å². The minimum absolute atomic E-state index is 0.0300. The van der Waals surface area contributed by atoms with Crippen LogP contribution in [0.4, 0.5) is 0 Å². The van der Waals surface area contributed by atoms with Crippen LogP contribution >= 0.6 is 0 Å². The Morgan fingerprint density at radius 1 is 1.35 bits per heavy atom. The zero-order valence-electron chi connectivity index (χ0n) is 11.5. The van der Waals surface area contributed by atoms with Gasteiger partial charge in [-0.1, -0.05) is 20.8 Å². The van der Waals surface area contributed by atoms with E-state index in [1.54, 1.807) is 0 Å². The van der Waals surface area contributed by atoms with Gasteiger partial charge in [0.25, 0.3) is 0 Å². The number of hydrogen-bond acceptors (Lipinski definition) is 3. The molecule has 1 unspecified atom stereocenters. The SMILES string of the molecule is CCCN(CC#N)C(C)C(=O)NC(CC)CC. The summed E-state index contributed by atoms with van der Waals surface area (Å²) in [5.74, 6) is 0.0300. The Morgan fingerprint density at radius 3 is 2.35 bits per heavy atom. The summed E-state index contributed by atoms with van der Waals surface area (Å²) < 4.78 is 0. The molecule has 0 heterocycles. The fourth-order valence-electron chi connectivity index (χ4n) is 1.77. The van der Waals surface area contributed by atoms with Crippen molar-refractivity contribution in [1.29, 1.82) is 5.26 Å². The molecule has 0 aliphatic carbocycles. The van der Waals surface area contributed by atoms with Crippen molar-refractivity contribution in [1.82, 2.24) is 10.2 Å². The fraction of sp³-hybridized carbons (Fsp3) is 0.846. The van der Waals surface area contributed by atoms with Crippen LogP contribution in [-0.4, -0.2) is 36.0 Å². The average molecular weight is 239 g/mol. The number of carbonyl (C=O) groups excluding carboxylic acids is 1. The van der Waals surface area contributed by atoms with Crippen LogP contribution in [0.1, 0.15) is 47.0 Å². The molecule has 0 spiro atoms. The van der Waals surface area contributed by atoms with Crippen LogP contribution in [0, 0.1) is 11.3 Å². The van der Waals surface area contributed by atoms with Crippen molar-refractivity contribution in [2.24, 2.45) is 0 Å². The van der Waals surface area contributed by atoms with E-state index in [0.29, 0.717) is 6.54 Å². The van der Waals surface area contributed by atoms with Crippen molar-refractivity contribution in [3.8, 4) is 6.07 Å². The Kier molecular flexibility index (Phi) is 8.43. The number of rotatable bonds is 8. The molecule has 0 fully saturated rings. The Hall–Kier alpha value is -1.08. The fourth-order valence-corrected chi connectivity index (χ4v) is 1.77. The summed E-state index contributed by atoms with van der Waals surface area (Å²) in [7, 11) is 0. The predicted molar refractivity (Wildman–Crippen MR) is 69.5 cm³/mol. The molecule has 0 aromatic heterocycles. The monoisotopic (exact) mass is 239 g/mol. The Labute approximate surface area is 105 Å². The van der Waals surface area contributed by atoms with Crippen LogP contribution in [0.15, 0.2) is 0 Å². The zero-order valence-corrected chi connectivity index (χ0v) is 11.5. The first-order valence-corrected chi connectivity index (χ1v) is 6.51. The molecule has 98 valence electrons. The third-order valence-electron chi connectivity index (χ3n) is 3.04. The van der Waals surface area contributed by atoms with Crippen LogP contribution in [0.3, 0.4) is 0 Å². The first kappa shape index (κ1) is 15.9. The van der Waals surface area contributed by atoms with E-state index in [4.69, 9.17) is 5.26 Å². The maximum atomic E-state index is 12.0. The molecule has 0 radical (unpaired) electrons. The van der Waals surface area contributed by atoms with Crippen molar-refractivity contribution in [2.45, 2.75) is 59.0 Å². The lowest BCUT2D eigenvalue weighted by Gasteiger charge is -2.27. The molecule has 4 heteroatoms. The molecule has 0 rings (SSSR count). The van der Waals surface area contributed by atoms with Crippen LogP contribution in [0.2, 0.25) is 0 Å². The van der Waals surface area contributed by atoms with E-state index < -0.39 is 0 Å². The molecule has 1 amide bonds. The summed E-state index contributed by atoms with van der Waals surface area (Å²) in [6, 6.07) is 2.13. The highest BCUT2D eigenvalue weighted by molar-refractivity contribution is 5.81. The molecule has 1 N–H and O–H groups in total. The average Bonchev–Trinajstić information content (AvgIpc) is 2.34. The van der Waals surface area contributed by atoms with Gasteiger partial charge in [-0.2, -0.15) is 5.26 Å². The van der Waals surface area contributed by atoms with Crippen LogP contribution in [0.25, 0.3) is 0 Å². The van der Waals surface area contributed by atoms with E-state index in [-0.39, 0.29) is 18.0 Å². The molecule has 0 aliphatic heterocycles. The van der Waals surface area contributed by atoms with Gasteiger partial charge in [-0.05, 0) is 32.7 Å². The van der Waals surface area contributed by atoms with E-state index in [2.05, 4.69) is 32.2 Å². The highest BCUT2D eigenvalue weighted by Crippen LogP contribution is 2.03. The van der Waals surface area contributed by atoms with Gasteiger partial charge in [0.15, 0.2) is 0 Å². The second-order valence-electron chi connectivity index (χ2n) is 4.33. The number of hydrogen-bond donors (Lipinski definition) is 1. The summed E-state index contributed by atoms with van der Waals surface area (Å²) in [5, 5.41) is 11.8. The number of nitrogens with zero attached hydrogens (tertiary/aromatic N) is 2. The standard InChI is InChI=1S/C13H25N3O/c1-5-9-16(10-8-14)11(4)13(17)15-12(6-2)7-3/h11-12H,5-7,9-10H2,1-4H3,(H,15,17). The summed E-state index contributed by atoms with van der Waals surface area (Å²) in [4.78, 5) is 13.9. The summed E-state index contributed by atoms with van der Waals surface area (Å²) in [6.45, 7) is 9.15. The second kappa shape index (κ2) is 9.00. The molecule has 1 atom stereocenters. The first-order chi connectivity index (χ1) is 8.10. The minimum Gasteiger partial charge on any atom is -0.352 e. The lowest BCUT2D eigenvalue weighted by Crippen LogP contribution is -2.48. The van der Waals surface area contributed by atoms with Gasteiger partial charge in [0, 0.05) is 6.04 Å². The van der Waals surface area contributed by atoms with E-state index in [9.17, 15) is 4.79 Å². The summed E-state index contributed by atoms with van der Waals surface area (Å²) in [5.41, 5.74) is 0. The molecule has 0 saturated carbocycles. The minimum atomic E-state index is -0.227. The van der Waals surface area contributed by atoms with Gasteiger partial charge in [-0.3, -0.25) is 9.69 Å². The van der Waals surface area contributed by atoms with Gasteiger partial charge in [0.1, 0.15) is 0 Å². The first-order valence-electron chi connectivity index (χ1n) is 6.51. The number of nitrogens with one attached hydrogen (secondary N) is 1. The normalized spacial score (nSPS) is 12.5. The van der Waals surface area contributed by atoms with E-state index in [1.165, 1.54) is 0 Å². The van der Waals surface area contributed by atoms with Crippen LogP contribution in [-0.2, 0) is 4.79 Å². The number of amides is 1. The van der Waals surface area contributed by atoms with Crippen molar-refractivity contribution in [2.75, 3.05) is 13.1 Å².